The van der Waals surface area contributed by atoms with Crippen LogP contribution in [0.2, 0.25) is 5.02 Å². The Balaban J connectivity index is 0.00000500. The van der Waals surface area contributed by atoms with Crippen LogP contribution in [0, 0.1) is 5.82 Å². The lowest BCUT2D eigenvalue weighted by Gasteiger charge is -2.26. The van der Waals surface area contributed by atoms with Crippen LogP contribution in [0.15, 0.2) is 121 Å². The molecule has 0 saturated carbocycles. The van der Waals surface area contributed by atoms with Crippen LogP contribution in [-0.2, 0) is 11.3 Å². The van der Waals surface area contributed by atoms with Gasteiger partial charge < -0.3 is 20.7 Å². The third-order valence-corrected chi connectivity index (χ3v) is 7.76. The first-order chi connectivity index (χ1) is 22.3. The number of carbonyl (C=O) groups excluding carboxylic acids is 2. The highest BCUT2D eigenvalue weighted by molar-refractivity contribution is 6.30. The van der Waals surface area contributed by atoms with E-state index in [-0.39, 0.29) is 55.6 Å². The van der Waals surface area contributed by atoms with Crippen molar-refractivity contribution in [1.82, 2.24) is 5.32 Å². The monoisotopic (exact) mass is 671 g/mol. The summed E-state index contributed by atoms with van der Waals surface area (Å²) in [5, 5.41) is 3.21. The number of anilines is 1. The topological polar surface area (TPSA) is 84.7 Å². The summed E-state index contributed by atoms with van der Waals surface area (Å²) in [5.74, 6) is 0.0451. The maximum atomic E-state index is 14.1. The molecule has 5 aromatic carbocycles. The fourth-order valence-electron chi connectivity index (χ4n) is 5.03. The van der Waals surface area contributed by atoms with E-state index in [1.54, 1.807) is 53.4 Å². The number of amides is 2. The lowest BCUT2D eigenvalue weighted by molar-refractivity contribution is -0.121. The highest BCUT2D eigenvalue weighted by Crippen LogP contribution is 2.36. The normalized spacial score (nSPS) is 11.2. The van der Waals surface area contributed by atoms with Crippen molar-refractivity contribution in [2.24, 2.45) is 5.73 Å². The van der Waals surface area contributed by atoms with E-state index in [1.165, 1.54) is 6.07 Å². The van der Waals surface area contributed by atoms with Crippen molar-refractivity contribution < 1.29 is 18.7 Å². The molecule has 2 amide bonds. The van der Waals surface area contributed by atoms with E-state index in [0.717, 1.165) is 16.7 Å². The van der Waals surface area contributed by atoms with Crippen LogP contribution < -0.4 is 20.7 Å². The van der Waals surface area contributed by atoms with Crippen LogP contribution in [0.4, 0.5) is 10.1 Å². The largest absolute Gasteiger partial charge is 0.455 e. The van der Waals surface area contributed by atoms with Crippen LogP contribution >= 0.6 is 24.0 Å². The maximum absolute atomic E-state index is 14.1. The number of benzene rings is 5. The number of ether oxygens (including phenoxy) is 1. The van der Waals surface area contributed by atoms with Gasteiger partial charge in [0, 0.05) is 47.8 Å². The SMILES string of the molecule is CC(N)c1cccc(Oc2cc(Cl)ccc2N(CCCC(=O)NCc2ccccc2F)C(=O)c2ccc(-c3ccccc3)cc2)c1.Cl. The lowest BCUT2D eigenvalue weighted by Crippen LogP contribution is -2.33. The third kappa shape index (κ3) is 9.42. The molecule has 0 aromatic heterocycles. The van der Waals surface area contributed by atoms with Gasteiger partial charge in [-0.15, -0.1) is 12.4 Å². The molecule has 3 N–H and O–H groups in total. The molecule has 0 radical (unpaired) electrons. The minimum absolute atomic E-state index is 0. The van der Waals surface area contributed by atoms with E-state index >= 15 is 0 Å². The molecule has 0 aliphatic carbocycles. The quantitative estimate of drug-likeness (QED) is 0.139. The van der Waals surface area contributed by atoms with Crippen molar-refractivity contribution in [3.63, 3.8) is 0 Å². The molecule has 9 heteroatoms. The molecule has 1 unspecified atom stereocenters. The van der Waals surface area contributed by atoms with Gasteiger partial charge in [0.05, 0.1) is 5.69 Å². The molecular formula is C38H36Cl2FN3O3. The Morgan fingerprint density at radius 2 is 1.57 bits per heavy atom. The van der Waals surface area contributed by atoms with E-state index in [4.69, 9.17) is 22.1 Å². The number of halogens is 3. The van der Waals surface area contributed by atoms with Gasteiger partial charge in [0.2, 0.25) is 5.91 Å². The predicted octanol–water partition coefficient (Wildman–Crippen LogP) is 9.12. The summed E-state index contributed by atoms with van der Waals surface area (Å²) in [6.07, 6.45) is 0.477. The predicted molar refractivity (Wildman–Crippen MR) is 189 cm³/mol. The third-order valence-electron chi connectivity index (χ3n) is 7.53. The molecule has 242 valence electrons. The number of rotatable bonds is 12. The number of hydrogen-bond acceptors (Lipinski definition) is 4. The van der Waals surface area contributed by atoms with Crippen LogP contribution in [0.5, 0.6) is 11.5 Å². The van der Waals surface area contributed by atoms with Gasteiger partial charge >= 0.3 is 0 Å². The standard InChI is InChI=1S/C38H35ClFN3O3.ClH/c1-26(41)30-12-7-13-33(23-30)46-36-24-32(39)20-21-35(36)43(22-8-15-37(44)42-25-31-11-5-6-14-34(31)40)38(45)29-18-16-28(17-19-29)27-9-3-2-4-10-27;/h2-7,9-14,16-21,23-24,26H,8,15,22,25,41H2,1H3,(H,42,44);1H. The molecular weight excluding hydrogens is 636 g/mol. The average Bonchev–Trinajstić information content (AvgIpc) is 3.07. The Kier molecular flexibility index (Phi) is 12.5. The fourth-order valence-corrected chi connectivity index (χ4v) is 5.19. The van der Waals surface area contributed by atoms with E-state index in [2.05, 4.69) is 5.32 Å². The first-order valence-electron chi connectivity index (χ1n) is 15.1. The summed E-state index contributed by atoms with van der Waals surface area (Å²) >= 11 is 6.40. The van der Waals surface area contributed by atoms with Crippen LogP contribution in [0.3, 0.4) is 0 Å². The number of nitrogens with one attached hydrogen (secondary N) is 1. The molecule has 0 saturated heterocycles. The van der Waals surface area contributed by atoms with Crippen molar-refractivity contribution in [2.45, 2.75) is 32.4 Å². The average molecular weight is 673 g/mol. The minimum atomic E-state index is -0.375. The molecule has 47 heavy (non-hydrogen) atoms. The number of nitrogens with two attached hydrogens (primary N) is 1. The van der Waals surface area contributed by atoms with Gasteiger partial charge in [0.15, 0.2) is 5.75 Å². The van der Waals surface area contributed by atoms with E-state index in [1.807, 2.05) is 73.7 Å². The van der Waals surface area contributed by atoms with Gasteiger partial charge in [0.25, 0.3) is 5.91 Å². The Morgan fingerprint density at radius 1 is 0.872 bits per heavy atom. The van der Waals surface area contributed by atoms with Crippen LogP contribution in [0.1, 0.15) is 47.3 Å². The van der Waals surface area contributed by atoms with Gasteiger partial charge in [-0.2, -0.15) is 0 Å². The highest BCUT2D eigenvalue weighted by Gasteiger charge is 2.23. The summed E-state index contributed by atoms with van der Waals surface area (Å²) in [7, 11) is 0. The lowest BCUT2D eigenvalue weighted by atomic mass is 10.0. The van der Waals surface area contributed by atoms with E-state index in [0.29, 0.717) is 39.8 Å². The van der Waals surface area contributed by atoms with Crippen molar-refractivity contribution in [2.75, 3.05) is 11.4 Å². The smallest absolute Gasteiger partial charge is 0.258 e. The van der Waals surface area contributed by atoms with Crippen LogP contribution in [0.25, 0.3) is 11.1 Å². The fraction of sp³-hybridized carbons (Fsp3) is 0.158. The first-order valence-corrected chi connectivity index (χ1v) is 15.5. The number of carbonyl (C=O) groups is 2. The highest BCUT2D eigenvalue weighted by atomic mass is 35.5. The molecule has 1 atom stereocenters. The molecule has 5 rings (SSSR count). The second-order valence-electron chi connectivity index (χ2n) is 10.9. The van der Waals surface area contributed by atoms with Crippen LogP contribution in [-0.4, -0.2) is 18.4 Å². The summed E-state index contributed by atoms with van der Waals surface area (Å²) in [5.41, 5.74) is 10.4. The molecule has 6 nitrogen and oxygen atoms in total. The molecule has 0 spiro atoms. The molecule has 0 fully saturated rings. The van der Waals surface area contributed by atoms with Crippen molar-refractivity contribution >= 4 is 41.5 Å². The van der Waals surface area contributed by atoms with Crippen molar-refractivity contribution in [1.29, 1.82) is 0 Å². The second-order valence-corrected chi connectivity index (χ2v) is 11.4. The zero-order chi connectivity index (χ0) is 32.5. The number of hydrogen-bond donors (Lipinski definition) is 2. The Morgan fingerprint density at radius 3 is 2.30 bits per heavy atom. The first kappa shape index (κ1) is 35.2. The van der Waals surface area contributed by atoms with Gasteiger partial charge in [0.1, 0.15) is 11.6 Å². The minimum Gasteiger partial charge on any atom is -0.455 e. The van der Waals surface area contributed by atoms with Crippen molar-refractivity contribution in [3.05, 3.63) is 149 Å². The maximum Gasteiger partial charge on any atom is 0.258 e. The zero-order valence-corrected chi connectivity index (χ0v) is 27.4. The van der Waals surface area contributed by atoms with Gasteiger partial charge in [-0.1, -0.05) is 84.4 Å². The Labute approximate surface area is 285 Å². The summed E-state index contributed by atoms with van der Waals surface area (Å²) in [6.45, 7) is 2.18. The number of nitrogens with zero attached hydrogens (tertiary/aromatic N) is 1. The molecule has 0 aliphatic rings. The van der Waals surface area contributed by atoms with E-state index in [9.17, 15) is 14.0 Å². The molecule has 0 bridgehead atoms. The van der Waals surface area contributed by atoms with Crippen molar-refractivity contribution in [3.8, 4) is 22.6 Å². The van der Waals surface area contributed by atoms with Gasteiger partial charge in [-0.05, 0) is 72.5 Å². The summed E-state index contributed by atoms with van der Waals surface area (Å²) in [6, 6.07) is 36.0. The Bertz CT molecular complexity index is 1800. The molecule has 5 aromatic rings. The second kappa shape index (κ2) is 16.7. The van der Waals surface area contributed by atoms with E-state index < -0.39 is 0 Å². The van der Waals surface area contributed by atoms with Gasteiger partial charge in [-0.3, -0.25) is 9.59 Å². The molecule has 0 aliphatic heterocycles. The van der Waals surface area contributed by atoms with Gasteiger partial charge in [-0.25, -0.2) is 4.39 Å². The summed E-state index contributed by atoms with van der Waals surface area (Å²) < 4.78 is 20.3. The zero-order valence-electron chi connectivity index (χ0n) is 25.9. The molecule has 0 heterocycles. The Hall–Kier alpha value is -4.69. The summed E-state index contributed by atoms with van der Waals surface area (Å²) in [4.78, 5) is 28.4.